The molecule has 0 bridgehead atoms. The summed E-state index contributed by atoms with van der Waals surface area (Å²) in [6, 6.07) is 5.85. The number of fused-ring (bicyclic) bond motifs is 1. The number of benzene rings is 1. The van der Waals surface area contributed by atoms with Crippen LogP contribution in [0.3, 0.4) is 0 Å². The van der Waals surface area contributed by atoms with Crippen LogP contribution in [0, 0.1) is 5.92 Å². The van der Waals surface area contributed by atoms with Crippen molar-refractivity contribution in [3.63, 3.8) is 0 Å². The zero-order valence-electron chi connectivity index (χ0n) is 11.3. The summed E-state index contributed by atoms with van der Waals surface area (Å²) >= 11 is 6.06. The average molecular weight is 278 g/mol. The Bertz CT molecular complexity index is 584. The third-order valence-electron chi connectivity index (χ3n) is 4.33. The summed E-state index contributed by atoms with van der Waals surface area (Å²) in [7, 11) is 2.03. The fourth-order valence-electron chi connectivity index (χ4n) is 3.18. The van der Waals surface area contributed by atoms with Gasteiger partial charge in [0.2, 0.25) is 0 Å². The van der Waals surface area contributed by atoms with E-state index >= 15 is 0 Å². The molecule has 1 heterocycles. The molecule has 1 saturated carbocycles. The molecule has 0 radical (unpaired) electrons. The molecule has 1 atom stereocenters. The molecule has 3 rings (SSSR count). The topological polar surface area (TPSA) is 43.8 Å². The van der Waals surface area contributed by atoms with E-state index in [0.717, 1.165) is 21.9 Å². The second-order valence-electron chi connectivity index (χ2n) is 5.59. The predicted molar refractivity (Wildman–Crippen MR) is 79.2 cm³/mol. The number of imidazole rings is 1. The van der Waals surface area contributed by atoms with Crippen LogP contribution < -0.4 is 5.73 Å². The lowest BCUT2D eigenvalue weighted by molar-refractivity contribution is 0.298. The van der Waals surface area contributed by atoms with Crippen molar-refractivity contribution in [2.24, 2.45) is 18.7 Å². The van der Waals surface area contributed by atoms with Gasteiger partial charge in [0.05, 0.1) is 17.1 Å². The van der Waals surface area contributed by atoms with Crippen molar-refractivity contribution in [2.75, 3.05) is 0 Å². The van der Waals surface area contributed by atoms with E-state index < -0.39 is 0 Å². The maximum Gasteiger partial charge on any atom is 0.126 e. The number of hydrogen-bond acceptors (Lipinski definition) is 2. The van der Waals surface area contributed by atoms with Crippen LogP contribution in [0.25, 0.3) is 11.0 Å². The highest BCUT2D eigenvalue weighted by Crippen LogP contribution is 2.33. The van der Waals surface area contributed by atoms with E-state index in [1.54, 1.807) is 0 Å². The number of aromatic nitrogens is 2. The molecule has 1 aliphatic carbocycles. The van der Waals surface area contributed by atoms with Gasteiger partial charge in [0.1, 0.15) is 5.82 Å². The minimum absolute atomic E-state index is 0.0384. The number of nitrogens with two attached hydrogens (primary N) is 1. The molecule has 0 aliphatic heterocycles. The van der Waals surface area contributed by atoms with Crippen molar-refractivity contribution < 1.29 is 0 Å². The van der Waals surface area contributed by atoms with Gasteiger partial charge in [-0.25, -0.2) is 4.98 Å². The lowest BCUT2D eigenvalue weighted by Gasteiger charge is -2.27. The molecule has 0 spiro atoms. The smallest absolute Gasteiger partial charge is 0.126 e. The Balaban J connectivity index is 1.97. The molecule has 4 heteroatoms. The normalized spacial score (nSPS) is 18.9. The first-order valence-corrected chi connectivity index (χ1v) is 7.42. The van der Waals surface area contributed by atoms with E-state index in [-0.39, 0.29) is 6.04 Å². The number of nitrogens with zero attached hydrogens (tertiary/aromatic N) is 2. The molecule has 0 saturated heterocycles. The van der Waals surface area contributed by atoms with Gasteiger partial charge >= 0.3 is 0 Å². The molecule has 0 amide bonds. The maximum absolute atomic E-state index is 6.46. The van der Waals surface area contributed by atoms with E-state index in [1.165, 1.54) is 32.1 Å². The molecule has 1 fully saturated rings. The van der Waals surface area contributed by atoms with Crippen molar-refractivity contribution >= 4 is 22.6 Å². The minimum atomic E-state index is 0.0384. The Morgan fingerprint density at radius 3 is 2.79 bits per heavy atom. The fourth-order valence-corrected chi connectivity index (χ4v) is 3.35. The Morgan fingerprint density at radius 2 is 2.05 bits per heavy atom. The molecular formula is C15H20ClN3. The molecule has 1 aromatic carbocycles. The van der Waals surface area contributed by atoms with Crippen molar-refractivity contribution in [2.45, 2.75) is 38.1 Å². The summed E-state index contributed by atoms with van der Waals surface area (Å²) in [6.45, 7) is 0. The SMILES string of the molecule is Cn1c(C(N)C2CCCCC2)nc2ccc(Cl)cc21. The number of halogens is 1. The third kappa shape index (κ3) is 2.37. The third-order valence-corrected chi connectivity index (χ3v) is 4.57. The molecule has 1 aliphatic rings. The maximum atomic E-state index is 6.46. The summed E-state index contributed by atoms with van der Waals surface area (Å²) in [5.41, 5.74) is 8.50. The van der Waals surface area contributed by atoms with Crippen molar-refractivity contribution in [3.05, 3.63) is 29.0 Å². The van der Waals surface area contributed by atoms with Crippen LogP contribution in [0.1, 0.15) is 44.0 Å². The Labute approximate surface area is 118 Å². The van der Waals surface area contributed by atoms with E-state index in [4.69, 9.17) is 22.3 Å². The second kappa shape index (κ2) is 5.14. The lowest BCUT2D eigenvalue weighted by Crippen LogP contribution is -2.26. The second-order valence-corrected chi connectivity index (χ2v) is 6.02. The summed E-state index contributed by atoms with van der Waals surface area (Å²) in [6.07, 6.45) is 6.40. The Kier molecular flexibility index (Phi) is 3.50. The van der Waals surface area contributed by atoms with Crippen LogP contribution in [0.2, 0.25) is 5.02 Å². The molecule has 3 nitrogen and oxygen atoms in total. The van der Waals surface area contributed by atoms with Gasteiger partial charge in [-0.2, -0.15) is 0 Å². The molecule has 19 heavy (non-hydrogen) atoms. The van der Waals surface area contributed by atoms with E-state index in [1.807, 2.05) is 25.2 Å². The van der Waals surface area contributed by atoms with Crippen molar-refractivity contribution in [1.29, 1.82) is 0 Å². The standard InChI is InChI=1S/C15H20ClN3/c1-19-13-9-11(16)7-8-12(13)18-15(19)14(17)10-5-3-2-4-6-10/h7-10,14H,2-6,17H2,1H3. The number of hydrogen-bond donors (Lipinski definition) is 1. The van der Waals surface area contributed by atoms with Crippen LogP contribution >= 0.6 is 11.6 Å². The summed E-state index contributed by atoms with van der Waals surface area (Å²) < 4.78 is 2.10. The largest absolute Gasteiger partial charge is 0.330 e. The van der Waals surface area contributed by atoms with E-state index in [0.29, 0.717) is 5.92 Å². The van der Waals surface area contributed by atoms with Gasteiger partial charge in [0, 0.05) is 12.1 Å². The highest BCUT2D eigenvalue weighted by atomic mass is 35.5. The van der Waals surface area contributed by atoms with Crippen molar-refractivity contribution in [1.82, 2.24) is 9.55 Å². The molecule has 1 aromatic heterocycles. The van der Waals surface area contributed by atoms with Gasteiger partial charge in [-0.1, -0.05) is 30.9 Å². The number of rotatable bonds is 2. The molecule has 102 valence electrons. The van der Waals surface area contributed by atoms with Crippen LogP contribution in [-0.4, -0.2) is 9.55 Å². The van der Waals surface area contributed by atoms with Crippen LogP contribution in [0.15, 0.2) is 18.2 Å². The van der Waals surface area contributed by atoms with Crippen molar-refractivity contribution in [3.8, 4) is 0 Å². The van der Waals surface area contributed by atoms with E-state index in [2.05, 4.69) is 4.57 Å². The van der Waals surface area contributed by atoms with Gasteiger partial charge in [-0.15, -0.1) is 0 Å². The van der Waals surface area contributed by atoms with Crippen LogP contribution in [0.5, 0.6) is 0 Å². The first-order chi connectivity index (χ1) is 9.16. The molecular weight excluding hydrogens is 258 g/mol. The van der Waals surface area contributed by atoms with Gasteiger partial charge < -0.3 is 10.3 Å². The Morgan fingerprint density at radius 1 is 1.32 bits per heavy atom. The quantitative estimate of drug-likeness (QED) is 0.907. The average Bonchev–Trinajstić information content (AvgIpc) is 2.76. The minimum Gasteiger partial charge on any atom is -0.330 e. The molecule has 1 unspecified atom stereocenters. The molecule has 2 aromatic rings. The van der Waals surface area contributed by atoms with Crippen LogP contribution in [0.4, 0.5) is 0 Å². The zero-order valence-corrected chi connectivity index (χ0v) is 12.0. The lowest BCUT2D eigenvalue weighted by atomic mass is 9.84. The van der Waals surface area contributed by atoms with Crippen LogP contribution in [-0.2, 0) is 7.05 Å². The van der Waals surface area contributed by atoms with Gasteiger partial charge in [-0.05, 0) is 37.0 Å². The van der Waals surface area contributed by atoms with E-state index in [9.17, 15) is 0 Å². The Hall–Kier alpha value is -1.06. The van der Waals surface area contributed by atoms with Gasteiger partial charge in [0.15, 0.2) is 0 Å². The van der Waals surface area contributed by atoms with Gasteiger partial charge in [0.25, 0.3) is 0 Å². The monoisotopic (exact) mass is 277 g/mol. The summed E-state index contributed by atoms with van der Waals surface area (Å²) in [5.74, 6) is 1.56. The zero-order chi connectivity index (χ0) is 13.4. The predicted octanol–water partition coefficient (Wildman–Crippen LogP) is 3.81. The summed E-state index contributed by atoms with van der Waals surface area (Å²) in [4.78, 5) is 4.71. The first-order valence-electron chi connectivity index (χ1n) is 7.04. The highest BCUT2D eigenvalue weighted by molar-refractivity contribution is 6.31. The fraction of sp³-hybridized carbons (Fsp3) is 0.533. The first kappa shape index (κ1) is 12.9. The number of aryl methyl sites for hydroxylation is 1. The van der Waals surface area contributed by atoms with Gasteiger partial charge in [-0.3, -0.25) is 0 Å². The molecule has 2 N–H and O–H groups in total. The highest BCUT2D eigenvalue weighted by Gasteiger charge is 2.25. The summed E-state index contributed by atoms with van der Waals surface area (Å²) in [5, 5.41) is 0.744.